The van der Waals surface area contributed by atoms with Gasteiger partial charge in [-0.2, -0.15) is 5.26 Å². The van der Waals surface area contributed by atoms with E-state index < -0.39 is 18.5 Å². The van der Waals surface area contributed by atoms with E-state index >= 15 is 0 Å². The molecule has 4 heteroatoms. The average molecular weight is 433 g/mol. The molecular formula is C28H20NO2P. The van der Waals surface area contributed by atoms with Gasteiger partial charge in [-0.25, -0.2) is 0 Å². The molecule has 0 heterocycles. The molecule has 0 aliphatic rings. The summed E-state index contributed by atoms with van der Waals surface area (Å²) in [5.74, 6) is -1.43. The van der Waals surface area contributed by atoms with Crippen LogP contribution in [-0.2, 0) is 4.79 Å². The predicted molar refractivity (Wildman–Crippen MR) is 132 cm³/mol. The van der Waals surface area contributed by atoms with Crippen LogP contribution >= 0.6 is 6.89 Å². The Hall–Kier alpha value is -3.99. The Morgan fingerprint density at radius 3 is 1.25 bits per heavy atom. The topological polar surface area (TPSA) is 57.9 Å². The summed E-state index contributed by atoms with van der Waals surface area (Å²) in [4.78, 5) is 26.8. The maximum atomic E-state index is 13.7. The molecule has 0 unspecified atom stereocenters. The first kappa shape index (κ1) is 21.2. The molecule has 4 aromatic rings. The summed E-state index contributed by atoms with van der Waals surface area (Å²) < 4.78 is 0. The van der Waals surface area contributed by atoms with Gasteiger partial charge in [0.25, 0.3) is 0 Å². The third-order valence-electron chi connectivity index (χ3n) is 5.33. The van der Waals surface area contributed by atoms with Crippen LogP contribution in [0, 0.1) is 11.3 Å². The van der Waals surface area contributed by atoms with Crippen LogP contribution < -0.4 is 15.9 Å². The van der Waals surface area contributed by atoms with Crippen LogP contribution in [0.4, 0.5) is 0 Å². The maximum absolute atomic E-state index is 13.7. The highest BCUT2D eigenvalue weighted by Crippen LogP contribution is 2.46. The highest BCUT2D eigenvalue weighted by molar-refractivity contribution is 7.97. The zero-order chi connectivity index (χ0) is 22.4. The van der Waals surface area contributed by atoms with E-state index in [1.165, 1.54) is 0 Å². The molecule has 0 bridgehead atoms. The number of nitrogens with zero attached hydrogens (tertiary/aromatic N) is 1. The van der Waals surface area contributed by atoms with E-state index in [4.69, 9.17) is 0 Å². The highest BCUT2D eigenvalue weighted by atomic mass is 31.2. The molecule has 0 aliphatic heterocycles. The summed E-state index contributed by atoms with van der Waals surface area (Å²) in [6.07, 6.45) is 0. The second kappa shape index (κ2) is 9.43. The first-order valence-corrected chi connectivity index (χ1v) is 12.0. The molecule has 154 valence electrons. The van der Waals surface area contributed by atoms with Gasteiger partial charge >= 0.3 is 0 Å². The van der Waals surface area contributed by atoms with Gasteiger partial charge in [-0.05, 0) is 22.8 Å². The van der Waals surface area contributed by atoms with E-state index in [1.807, 2.05) is 91.0 Å². The standard InChI is InChI=1S/C28H20NO2P/c29-21-26(28(31)27(30)22-13-5-1-6-14-22)32(23-15-7-2-8-16-23,24-17-9-3-10-18-24)25-19-11-4-12-20-25/h1-20H. The van der Waals surface area contributed by atoms with Crippen molar-refractivity contribution in [1.29, 1.82) is 5.26 Å². The Morgan fingerprint density at radius 1 is 0.562 bits per heavy atom. The Labute approximate surface area is 187 Å². The molecule has 0 amide bonds. The molecule has 0 aliphatic carbocycles. The van der Waals surface area contributed by atoms with Gasteiger partial charge in [-0.15, -0.1) is 0 Å². The van der Waals surface area contributed by atoms with Crippen LogP contribution in [0.2, 0.25) is 0 Å². The number of carbonyl (C=O) groups excluding carboxylic acids is 2. The van der Waals surface area contributed by atoms with Gasteiger partial charge in [0.1, 0.15) is 11.4 Å². The van der Waals surface area contributed by atoms with Crippen LogP contribution in [0.1, 0.15) is 10.4 Å². The predicted octanol–water partition coefficient (Wildman–Crippen LogP) is 4.13. The molecule has 0 saturated heterocycles. The van der Waals surface area contributed by atoms with E-state index in [9.17, 15) is 14.9 Å². The van der Waals surface area contributed by atoms with Crippen LogP contribution in [-0.4, -0.2) is 16.9 Å². The third-order valence-corrected chi connectivity index (χ3v) is 9.52. The summed E-state index contributed by atoms with van der Waals surface area (Å²) in [5, 5.41) is 12.9. The minimum atomic E-state index is -2.91. The number of hydrogen-bond acceptors (Lipinski definition) is 3. The zero-order valence-corrected chi connectivity index (χ0v) is 18.2. The molecule has 0 spiro atoms. The second-order valence-electron chi connectivity index (χ2n) is 7.16. The molecule has 32 heavy (non-hydrogen) atoms. The zero-order valence-electron chi connectivity index (χ0n) is 17.3. The number of Topliss-reactive ketones (excluding diaryl/α,β-unsaturated/α-hetero) is 2. The van der Waals surface area contributed by atoms with Crippen molar-refractivity contribution in [2.45, 2.75) is 0 Å². The van der Waals surface area contributed by atoms with Crippen molar-refractivity contribution in [3.63, 3.8) is 0 Å². The summed E-state index contributed by atoms with van der Waals surface area (Å²) in [6.45, 7) is -2.91. The summed E-state index contributed by atoms with van der Waals surface area (Å²) >= 11 is 0. The fourth-order valence-corrected chi connectivity index (χ4v) is 7.98. The lowest BCUT2D eigenvalue weighted by atomic mass is 10.1. The average Bonchev–Trinajstić information content (AvgIpc) is 2.88. The van der Waals surface area contributed by atoms with Crippen LogP contribution in [0.25, 0.3) is 0 Å². The van der Waals surface area contributed by atoms with Crippen molar-refractivity contribution in [1.82, 2.24) is 0 Å². The van der Waals surface area contributed by atoms with E-state index in [0.717, 1.165) is 15.9 Å². The van der Waals surface area contributed by atoms with Gasteiger partial charge in [-0.3, -0.25) is 9.59 Å². The molecule has 0 fully saturated rings. The third kappa shape index (κ3) is 3.73. The van der Waals surface area contributed by atoms with E-state index in [0.29, 0.717) is 0 Å². The molecule has 0 radical (unpaired) electrons. The maximum Gasteiger partial charge on any atom is 0.245 e. The minimum absolute atomic E-state index is 0.0186. The Kier molecular flexibility index (Phi) is 6.26. The Bertz CT molecular complexity index is 1240. The van der Waals surface area contributed by atoms with E-state index in [2.05, 4.69) is 6.07 Å². The quantitative estimate of drug-likeness (QED) is 0.261. The van der Waals surface area contributed by atoms with Gasteiger partial charge in [0.05, 0.1) is 0 Å². The van der Waals surface area contributed by atoms with Crippen molar-refractivity contribution < 1.29 is 9.59 Å². The molecule has 4 rings (SSSR count). The Morgan fingerprint density at radius 2 is 0.906 bits per heavy atom. The molecule has 0 atom stereocenters. The second-order valence-corrected chi connectivity index (χ2v) is 10.5. The van der Waals surface area contributed by atoms with Gasteiger partial charge in [-0.1, -0.05) is 121 Å². The van der Waals surface area contributed by atoms with Gasteiger partial charge in [0.2, 0.25) is 11.6 Å². The van der Waals surface area contributed by atoms with Gasteiger partial charge < -0.3 is 0 Å². The first-order chi connectivity index (χ1) is 15.7. The minimum Gasteiger partial charge on any atom is -0.285 e. The Balaban J connectivity index is 2.15. The van der Waals surface area contributed by atoms with Crippen molar-refractivity contribution in [2.75, 3.05) is 0 Å². The summed E-state index contributed by atoms with van der Waals surface area (Å²) in [6, 6.07) is 39.3. The molecule has 0 aromatic heterocycles. The van der Waals surface area contributed by atoms with Crippen LogP contribution in [0.3, 0.4) is 0 Å². The number of ketones is 2. The summed E-state index contributed by atoms with van der Waals surface area (Å²) in [5.41, 5.74) is 0.275. The lowest BCUT2D eigenvalue weighted by Gasteiger charge is -2.29. The summed E-state index contributed by atoms with van der Waals surface area (Å²) in [7, 11) is 0. The largest absolute Gasteiger partial charge is 0.285 e. The van der Waals surface area contributed by atoms with Gasteiger partial charge in [0, 0.05) is 5.56 Å². The normalized spacial score (nSPS) is 10.7. The van der Waals surface area contributed by atoms with E-state index in [-0.39, 0.29) is 10.9 Å². The fourth-order valence-electron chi connectivity index (χ4n) is 3.90. The smallest absolute Gasteiger partial charge is 0.245 e. The monoisotopic (exact) mass is 433 g/mol. The van der Waals surface area contributed by atoms with Crippen molar-refractivity contribution in [3.8, 4) is 6.07 Å². The number of nitriles is 1. The molecule has 3 nitrogen and oxygen atoms in total. The first-order valence-electron chi connectivity index (χ1n) is 10.2. The van der Waals surface area contributed by atoms with Crippen LogP contribution in [0.5, 0.6) is 0 Å². The molecule has 0 saturated carbocycles. The SMILES string of the molecule is N#CC(C(=O)C(=O)c1ccccc1)=P(c1ccccc1)(c1ccccc1)c1ccccc1. The van der Waals surface area contributed by atoms with Crippen molar-refractivity contribution in [2.24, 2.45) is 0 Å². The lowest BCUT2D eigenvalue weighted by molar-refractivity contribution is -0.109. The molecule has 4 aromatic carbocycles. The van der Waals surface area contributed by atoms with Gasteiger partial charge in [0.15, 0.2) is 0 Å². The molecular weight excluding hydrogens is 413 g/mol. The number of benzene rings is 4. The van der Waals surface area contributed by atoms with Crippen molar-refractivity contribution in [3.05, 3.63) is 127 Å². The van der Waals surface area contributed by atoms with Crippen molar-refractivity contribution >= 4 is 39.7 Å². The lowest BCUT2D eigenvalue weighted by Crippen LogP contribution is -2.35. The van der Waals surface area contributed by atoms with E-state index in [1.54, 1.807) is 30.3 Å². The fraction of sp³-hybridized carbons (Fsp3) is 0. The molecule has 0 N–H and O–H groups in total. The highest BCUT2D eigenvalue weighted by Gasteiger charge is 2.35. The number of rotatable bonds is 6. The number of hydrogen-bond donors (Lipinski definition) is 0. The number of carbonyl (C=O) groups is 2. The van der Waals surface area contributed by atoms with Crippen LogP contribution in [0.15, 0.2) is 121 Å².